The number of aromatic nitrogens is 1. The van der Waals surface area contributed by atoms with Crippen LogP contribution in [0.5, 0.6) is 5.75 Å². The molecule has 2 N–H and O–H groups in total. The standard InChI is InChI=1S/C24H13Cl2F2N3O5/c25-14-9-29-10-15(26)20(14)31-22(32)12-4-6-17(36-24(27)28)21-19(12)13-8-11(3-5-16(13)35-21)30-23(33)18-2-1-7-34-18/h1-10,24H,(H,30,33)(H,29,31,32). The van der Waals surface area contributed by atoms with Gasteiger partial charge < -0.3 is 24.2 Å². The highest BCUT2D eigenvalue weighted by atomic mass is 35.5. The molecule has 12 heteroatoms. The zero-order valence-electron chi connectivity index (χ0n) is 17.9. The number of anilines is 2. The number of alkyl halides is 2. The quantitative estimate of drug-likeness (QED) is 0.244. The third-order valence-corrected chi connectivity index (χ3v) is 5.71. The molecule has 0 unspecified atom stereocenters. The molecule has 0 aliphatic carbocycles. The van der Waals surface area contributed by atoms with Crippen molar-refractivity contribution in [3.8, 4) is 5.75 Å². The van der Waals surface area contributed by atoms with Crippen LogP contribution < -0.4 is 15.4 Å². The maximum Gasteiger partial charge on any atom is 0.387 e. The fraction of sp³-hybridized carbons (Fsp3) is 0.0417. The second-order valence-electron chi connectivity index (χ2n) is 7.37. The van der Waals surface area contributed by atoms with Crippen LogP contribution >= 0.6 is 23.2 Å². The molecule has 0 aliphatic rings. The predicted molar refractivity (Wildman–Crippen MR) is 129 cm³/mol. The van der Waals surface area contributed by atoms with Crippen molar-refractivity contribution in [2.75, 3.05) is 10.6 Å². The van der Waals surface area contributed by atoms with Gasteiger partial charge in [0.05, 0.1) is 27.6 Å². The first-order valence-electron chi connectivity index (χ1n) is 10.2. The molecule has 5 aromatic rings. The van der Waals surface area contributed by atoms with Crippen molar-refractivity contribution in [1.82, 2.24) is 4.98 Å². The summed E-state index contributed by atoms with van der Waals surface area (Å²) < 4.78 is 41.6. The van der Waals surface area contributed by atoms with Gasteiger partial charge in [0, 0.05) is 28.9 Å². The minimum atomic E-state index is -3.13. The van der Waals surface area contributed by atoms with Gasteiger partial charge in [-0.25, -0.2) is 0 Å². The van der Waals surface area contributed by atoms with Gasteiger partial charge in [0.25, 0.3) is 11.8 Å². The van der Waals surface area contributed by atoms with Crippen LogP contribution in [0.15, 0.2) is 70.0 Å². The number of fused-ring (bicyclic) bond motifs is 3. The molecule has 0 radical (unpaired) electrons. The SMILES string of the molecule is O=C(Nc1ccc2oc3c(OC(F)F)ccc(C(=O)Nc4c(Cl)cncc4Cl)c3c2c1)c1ccco1. The Morgan fingerprint density at radius 3 is 2.47 bits per heavy atom. The fourth-order valence-electron chi connectivity index (χ4n) is 3.62. The summed E-state index contributed by atoms with van der Waals surface area (Å²) in [5, 5.41) is 6.02. The lowest BCUT2D eigenvalue weighted by Gasteiger charge is -2.11. The molecule has 0 spiro atoms. The monoisotopic (exact) mass is 531 g/mol. The summed E-state index contributed by atoms with van der Waals surface area (Å²) in [5.41, 5.74) is 0.709. The highest BCUT2D eigenvalue weighted by Crippen LogP contribution is 2.39. The van der Waals surface area contributed by atoms with Crippen LogP contribution in [0.1, 0.15) is 20.9 Å². The molecule has 2 amide bonds. The zero-order chi connectivity index (χ0) is 25.4. The van der Waals surface area contributed by atoms with Crippen molar-refractivity contribution in [3.63, 3.8) is 0 Å². The highest BCUT2D eigenvalue weighted by Gasteiger charge is 2.23. The third-order valence-electron chi connectivity index (χ3n) is 5.14. The van der Waals surface area contributed by atoms with E-state index in [0.717, 1.165) is 0 Å². The lowest BCUT2D eigenvalue weighted by Crippen LogP contribution is -2.13. The Bertz CT molecular complexity index is 1600. The lowest BCUT2D eigenvalue weighted by molar-refractivity contribution is -0.0493. The first-order valence-corrected chi connectivity index (χ1v) is 11.0. The van der Waals surface area contributed by atoms with Crippen LogP contribution in [0.2, 0.25) is 10.0 Å². The number of rotatable bonds is 6. The van der Waals surface area contributed by atoms with Crippen molar-refractivity contribution < 1.29 is 31.9 Å². The average molecular weight is 532 g/mol. The maximum absolute atomic E-state index is 13.3. The Kier molecular flexibility index (Phi) is 6.21. The number of nitrogens with zero attached hydrogens (tertiary/aromatic N) is 1. The second-order valence-corrected chi connectivity index (χ2v) is 8.18. The van der Waals surface area contributed by atoms with E-state index in [1.165, 1.54) is 49.0 Å². The molecule has 0 fully saturated rings. The van der Waals surface area contributed by atoms with Crippen LogP contribution in [0.4, 0.5) is 20.2 Å². The van der Waals surface area contributed by atoms with E-state index in [9.17, 15) is 18.4 Å². The number of benzene rings is 2. The first-order chi connectivity index (χ1) is 17.3. The van der Waals surface area contributed by atoms with Gasteiger partial charge in [-0.15, -0.1) is 0 Å². The maximum atomic E-state index is 13.3. The van der Waals surface area contributed by atoms with Gasteiger partial charge in [-0.3, -0.25) is 14.6 Å². The van der Waals surface area contributed by atoms with Gasteiger partial charge in [0.2, 0.25) is 0 Å². The van der Waals surface area contributed by atoms with E-state index in [1.807, 2.05) is 0 Å². The Labute approximate surface area is 210 Å². The number of ether oxygens (including phenoxy) is 1. The Balaban J connectivity index is 1.63. The summed E-state index contributed by atoms with van der Waals surface area (Å²) in [6, 6.07) is 10.2. The summed E-state index contributed by atoms with van der Waals surface area (Å²) >= 11 is 12.2. The Hall–Kier alpha value is -4.15. The summed E-state index contributed by atoms with van der Waals surface area (Å²) in [6.45, 7) is -3.13. The summed E-state index contributed by atoms with van der Waals surface area (Å²) in [6.07, 6.45) is 3.97. The van der Waals surface area contributed by atoms with E-state index in [4.69, 9.17) is 32.0 Å². The molecule has 0 saturated heterocycles. The molecule has 36 heavy (non-hydrogen) atoms. The van der Waals surface area contributed by atoms with E-state index in [-0.39, 0.29) is 49.4 Å². The van der Waals surface area contributed by atoms with Crippen molar-refractivity contribution in [2.45, 2.75) is 6.61 Å². The molecule has 2 aromatic carbocycles. The molecule has 3 aromatic heterocycles. The summed E-state index contributed by atoms with van der Waals surface area (Å²) in [7, 11) is 0. The molecule has 0 aliphatic heterocycles. The van der Waals surface area contributed by atoms with Gasteiger partial charge in [0.1, 0.15) is 5.58 Å². The van der Waals surface area contributed by atoms with E-state index in [1.54, 1.807) is 12.1 Å². The highest BCUT2D eigenvalue weighted by molar-refractivity contribution is 6.40. The van der Waals surface area contributed by atoms with Crippen molar-refractivity contribution in [3.05, 3.63) is 82.5 Å². The normalized spacial score (nSPS) is 11.2. The minimum absolute atomic E-state index is 0.0591. The van der Waals surface area contributed by atoms with E-state index in [0.29, 0.717) is 11.1 Å². The van der Waals surface area contributed by atoms with Gasteiger partial charge in [0.15, 0.2) is 17.1 Å². The van der Waals surface area contributed by atoms with E-state index < -0.39 is 18.4 Å². The third kappa shape index (κ3) is 4.43. The Morgan fingerprint density at radius 1 is 1.00 bits per heavy atom. The summed E-state index contributed by atoms with van der Waals surface area (Å²) in [4.78, 5) is 29.5. The predicted octanol–water partition coefficient (Wildman–Crippen LogP) is 6.99. The second kappa shape index (κ2) is 9.48. The van der Waals surface area contributed by atoms with E-state index in [2.05, 4.69) is 20.4 Å². The molecule has 0 bridgehead atoms. The molecular weight excluding hydrogens is 519 g/mol. The van der Waals surface area contributed by atoms with Crippen molar-refractivity contribution >= 4 is 68.3 Å². The van der Waals surface area contributed by atoms with Gasteiger partial charge in [-0.2, -0.15) is 8.78 Å². The van der Waals surface area contributed by atoms with Crippen LogP contribution in [-0.4, -0.2) is 23.4 Å². The van der Waals surface area contributed by atoms with Crippen molar-refractivity contribution in [1.29, 1.82) is 0 Å². The van der Waals surface area contributed by atoms with E-state index >= 15 is 0 Å². The lowest BCUT2D eigenvalue weighted by atomic mass is 10.0. The Morgan fingerprint density at radius 2 is 1.78 bits per heavy atom. The van der Waals surface area contributed by atoms with Crippen LogP contribution in [0.3, 0.4) is 0 Å². The van der Waals surface area contributed by atoms with Gasteiger partial charge in [-0.1, -0.05) is 23.2 Å². The number of nitrogens with one attached hydrogen (secondary N) is 2. The molecular formula is C24H13Cl2F2N3O5. The van der Waals surface area contributed by atoms with Gasteiger partial charge in [-0.05, 0) is 42.5 Å². The van der Waals surface area contributed by atoms with Crippen LogP contribution in [0.25, 0.3) is 21.9 Å². The molecule has 182 valence electrons. The largest absolute Gasteiger partial charge is 0.459 e. The smallest absolute Gasteiger partial charge is 0.387 e. The number of hydrogen-bond donors (Lipinski definition) is 2. The number of amides is 2. The first kappa shape index (κ1) is 23.6. The van der Waals surface area contributed by atoms with Crippen LogP contribution in [-0.2, 0) is 0 Å². The minimum Gasteiger partial charge on any atom is -0.459 e. The molecule has 0 saturated carbocycles. The number of carbonyl (C=O) groups excluding carboxylic acids is 2. The molecule has 3 heterocycles. The van der Waals surface area contributed by atoms with Crippen LogP contribution in [0, 0.1) is 0 Å². The number of hydrogen-bond acceptors (Lipinski definition) is 6. The summed E-state index contributed by atoms with van der Waals surface area (Å²) in [5.74, 6) is -1.33. The van der Waals surface area contributed by atoms with Crippen molar-refractivity contribution in [2.24, 2.45) is 0 Å². The number of carbonyl (C=O) groups is 2. The van der Waals surface area contributed by atoms with Gasteiger partial charge >= 0.3 is 6.61 Å². The number of pyridine rings is 1. The topological polar surface area (TPSA) is 107 Å². The fourth-order valence-corrected chi connectivity index (χ4v) is 4.08. The number of halogens is 4. The number of furan rings is 2. The zero-order valence-corrected chi connectivity index (χ0v) is 19.4. The molecule has 8 nitrogen and oxygen atoms in total. The average Bonchev–Trinajstić information content (AvgIpc) is 3.50. The molecule has 5 rings (SSSR count). The molecule has 0 atom stereocenters.